The normalized spacial score (nSPS) is 13.6. The minimum atomic E-state index is 0.0679. The fraction of sp³-hybridized carbons (Fsp3) is 0.600. The maximum Gasteiger partial charge on any atom is 0.124 e. The van der Waals surface area contributed by atoms with Gasteiger partial charge in [0.2, 0.25) is 0 Å². The second-order valence-electron chi connectivity index (χ2n) is 5.92. The van der Waals surface area contributed by atoms with Crippen molar-refractivity contribution < 1.29 is 4.74 Å². The molecule has 1 aromatic rings. The van der Waals surface area contributed by atoms with Gasteiger partial charge in [-0.3, -0.25) is 0 Å². The summed E-state index contributed by atoms with van der Waals surface area (Å²) in [6.07, 6.45) is 0.972. The molecule has 0 amide bonds. The van der Waals surface area contributed by atoms with Crippen LogP contribution in [-0.2, 0) is 0 Å². The third-order valence-electron chi connectivity index (χ3n) is 2.84. The molecule has 1 aromatic carbocycles. The molecule has 1 nitrogen and oxygen atoms in total. The van der Waals surface area contributed by atoms with Gasteiger partial charge in [0.25, 0.3) is 0 Å². The lowest BCUT2D eigenvalue weighted by Crippen LogP contribution is -2.09. The van der Waals surface area contributed by atoms with Crippen molar-refractivity contribution in [3.63, 3.8) is 0 Å². The largest absolute Gasteiger partial charge is 0.496 e. The summed E-state index contributed by atoms with van der Waals surface area (Å²) < 4.78 is 5.37. The van der Waals surface area contributed by atoms with Crippen molar-refractivity contribution in [2.24, 2.45) is 5.41 Å². The molecule has 1 rings (SSSR count). The van der Waals surface area contributed by atoms with E-state index in [2.05, 4.69) is 46.8 Å². The molecule has 0 radical (unpaired) electrons. The lowest BCUT2D eigenvalue weighted by atomic mass is 9.87. The molecule has 0 N–H and O–H groups in total. The second-order valence-corrected chi connectivity index (χ2v) is 6.45. The monoisotopic (exact) mass is 254 g/mol. The number of hydrogen-bond donors (Lipinski definition) is 0. The molecule has 0 bridgehead atoms. The minimum Gasteiger partial charge on any atom is -0.496 e. The maximum absolute atomic E-state index is 6.49. The van der Waals surface area contributed by atoms with E-state index in [1.165, 1.54) is 5.56 Å². The zero-order valence-electron chi connectivity index (χ0n) is 11.7. The fourth-order valence-electron chi connectivity index (χ4n) is 2.14. The van der Waals surface area contributed by atoms with E-state index in [9.17, 15) is 0 Å². The van der Waals surface area contributed by atoms with E-state index in [-0.39, 0.29) is 10.8 Å². The molecule has 1 unspecified atom stereocenters. The fourth-order valence-corrected chi connectivity index (χ4v) is 2.73. The quantitative estimate of drug-likeness (QED) is 0.688. The minimum absolute atomic E-state index is 0.0679. The molecule has 96 valence electrons. The number of methoxy groups -OCH3 is 1. The highest BCUT2D eigenvalue weighted by atomic mass is 35.5. The number of hydrogen-bond acceptors (Lipinski definition) is 1. The first-order valence-electron chi connectivity index (χ1n) is 6.04. The predicted octanol–water partition coefficient (Wildman–Crippen LogP) is 5.03. The Labute approximate surface area is 110 Å². The Morgan fingerprint density at radius 3 is 2.00 bits per heavy atom. The van der Waals surface area contributed by atoms with E-state index in [0.717, 1.165) is 23.3 Å². The van der Waals surface area contributed by atoms with E-state index in [4.69, 9.17) is 16.3 Å². The summed E-state index contributed by atoms with van der Waals surface area (Å²) in [6, 6.07) is 4.27. The first-order valence-corrected chi connectivity index (χ1v) is 6.47. The summed E-state index contributed by atoms with van der Waals surface area (Å²) >= 11 is 6.49. The van der Waals surface area contributed by atoms with Crippen LogP contribution in [0.2, 0.25) is 0 Å². The van der Waals surface area contributed by atoms with Crippen LogP contribution < -0.4 is 4.74 Å². The topological polar surface area (TPSA) is 9.23 Å². The molecule has 0 saturated carbocycles. The van der Waals surface area contributed by atoms with Crippen molar-refractivity contribution >= 4 is 11.6 Å². The van der Waals surface area contributed by atoms with Gasteiger partial charge in [-0.2, -0.15) is 0 Å². The predicted molar refractivity (Wildman–Crippen MR) is 75.1 cm³/mol. The first kappa shape index (κ1) is 14.4. The van der Waals surface area contributed by atoms with Crippen molar-refractivity contribution in [2.75, 3.05) is 7.11 Å². The third kappa shape index (κ3) is 3.92. The average Bonchev–Trinajstić information content (AvgIpc) is 2.14. The van der Waals surface area contributed by atoms with E-state index < -0.39 is 0 Å². The molecule has 0 spiro atoms. The van der Waals surface area contributed by atoms with Crippen LogP contribution in [0.25, 0.3) is 0 Å². The Hall–Kier alpha value is -0.690. The van der Waals surface area contributed by atoms with Gasteiger partial charge in [-0.1, -0.05) is 32.9 Å². The van der Waals surface area contributed by atoms with Gasteiger partial charge in [-0.05, 0) is 42.4 Å². The van der Waals surface area contributed by atoms with Gasteiger partial charge in [-0.15, -0.1) is 11.6 Å². The second kappa shape index (κ2) is 5.30. The first-order chi connectivity index (χ1) is 7.74. The number of halogens is 1. The Morgan fingerprint density at radius 2 is 1.65 bits per heavy atom. The van der Waals surface area contributed by atoms with E-state index >= 15 is 0 Å². The standard InChI is InChI=1S/C15H23ClO/c1-10-7-12(8-11(2)14(10)17-6)13(16)9-15(3,4)5/h7-8,13H,9H2,1-6H3. The summed E-state index contributed by atoms with van der Waals surface area (Å²) in [7, 11) is 1.71. The third-order valence-corrected chi connectivity index (χ3v) is 3.25. The summed E-state index contributed by atoms with van der Waals surface area (Å²) in [4.78, 5) is 0. The van der Waals surface area contributed by atoms with Gasteiger partial charge in [0.05, 0.1) is 12.5 Å². The zero-order valence-corrected chi connectivity index (χ0v) is 12.5. The van der Waals surface area contributed by atoms with E-state index in [1.54, 1.807) is 7.11 Å². The molecule has 0 aliphatic heterocycles. The molecule has 17 heavy (non-hydrogen) atoms. The zero-order chi connectivity index (χ0) is 13.2. The van der Waals surface area contributed by atoms with E-state index in [0.29, 0.717) is 0 Å². The van der Waals surface area contributed by atoms with Crippen LogP contribution in [0.15, 0.2) is 12.1 Å². The molecule has 1 atom stereocenters. The van der Waals surface area contributed by atoms with Crippen molar-refractivity contribution in [3.8, 4) is 5.75 Å². The van der Waals surface area contributed by atoms with Crippen molar-refractivity contribution in [2.45, 2.75) is 46.4 Å². The summed E-state index contributed by atoms with van der Waals surface area (Å²) in [5, 5.41) is 0.0679. The van der Waals surface area contributed by atoms with Crippen LogP contribution in [0.3, 0.4) is 0 Å². The van der Waals surface area contributed by atoms with Crippen LogP contribution in [0.4, 0.5) is 0 Å². The number of benzene rings is 1. The smallest absolute Gasteiger partial charge is 0.124 e. The summed E-state index contributed by atoms with van der Waals surface area (Å²) in [5.74, 6) is 0.966. The highest BCUT2D eigenvalue weighted by molar-refractivity contribution is 6.20. The molecule has 0 aliphatic carbocycles. The SMILES string of the molecule is COc1c(C)cc(C(Cl)CC(C)(C)C)cc1C. The molecular weight excluding hydrogens is 232 g/mol. The molecule has 0 aliphatic rings. The van der Waals surface area contributed by atoms with Gasteiger partial charge < -0.3 is 4.74 Å². The highest BCUT2D eigenvalue weighted by Crippen LogP contribution is 2.36. The van der Waals surface area contributed by atoms with Crippen LogP contribution in [0.1, 0.15) is 49.3 Å². The maximum atomic E-state index is 6.49. The molecular formula is C15H23ClO. The number of rotatable bonds is 3. The number of ether oxygens (including phenoxy) is 1. The van der Waals surface area contributed by atoms with Crippen molar-refractivity contribution in [1.29, 1.82) is 0 Å². The number of aryl methyl sites for hydroxylation is 2. The van der Waals surface area contributed by atoms with Crippen molar-refractivity contribution in [3.05, 3.63) is 28.8 Å². The lowest BCUT2D eigenvalue weighted by Gasteiger charge is -2.23. The van der Waals surface area contributed by atoms with Crippen LogP contribution >= 0.6 is 11.6 Å². The lowest BCUT2D eigenvalue weighted by molar-refractivity contribution is 0.372. The Bertz CT molecular complexity index is 367. The van der Waals surface area contributed by atoms with Gasteiger partial charge in [0, 0.05) is 0 Å². The molecule has 2 heteroatoms. The highest BCUT2D eigenvalue weighted by Gasteiger charge is 2.19. The van der Waals surface area contributed by atoms with Crippen molar-refractivity contribution in [1.82, 2.24) is 0 Å². The Kier molecular flexibility index (Phi) is 4.48. The summed E-state index contributed by atoms with van der Waals surface area (Å²) in [5.41, 5.74) is 3.75. The molecule has 0 fully saturated rings. The van der Waals surface area contributed by atoms with Gasteiger partial charge in [0.15, 0.2) is 0 Å². The Balaban J connectivity index is 3.00. The Morgan fingerprint density at radius 1 is 1.18 bits per heavy atom. The van der Waals surface area contributed by atoms with E-state index in [1.807, 2.05) is 0 Å². The molecule has 0 aromatic heterocycles. The average molecular weight is 255 g/mol. The van der Waals surface area contributed by atoms with Gasteiger partial charge in [-0.25, -0.2) is 0 Å². The van der Waals surface area contributed by atoms with Gasteiger partial charge in [0.1, 0.15) is 5.75 Å². The molecule has 0 saturated heterocycles. The van der Waals surface area contributed by atoms with Crippen LogP contribution in [0, 0.1) is 19.3 Å². The van der Waals surface area contributed by atoms with Gasteiger partial charge >= 0.3 is 0 Å². The van der Waals surface area contributed by atoms with Crippen LogP contribution in [0.5, 0.6) is 5.75 Å². The van der Waals surface area contributed by atoms with Crippen LogP contribution in [-0.4, -0.2) is 7.11 Å². The number of alkyl halides is 1. The summed E-state index contributed by atoms with van der Waals surface area (Å²) in [6.45, 7) is 10.8. The molecule has 0 heterocycles.